The molecule has 2 bridgehead atoms. The fourth-order valence-electron chi connectivity index (χ4n) is 4.91. The highest BCUT2D eigenvalue weighted by atomic mass is 16.6. The Morgan fingerprint density at radius 3 is 2.50 bits per heavy atom. The number of hydrogen-bond acceptors (Lipinski definition) is 4. The quantitative estimate of drug-likeness (QED) is 0.582. The fourth-order valence-corrected chi connectivity index (χ4v) is 4.91. The molecule has 0 aliphatic heterocycles. The van der Waals surface area contributed by atoms with Crippen molar-refractivity contribution < 1.29 is 14.3 Å². The van der Waals surface area contributed by atoms with Gasteiger partial charge in [-0.2, -0.15) is 0 Å². The molecule has 0 heterocycles. The molecule has 3 fully saturated rings. The number of nitrogens with one attached hydrogen (secondary N) is 1. The van der Waals surface area contributed by atoms with E-state index >= 15 is 0 Å². The normalized spacial score (nSPS) is 26.3. The number of carbonyl (C=O) groups is 1. The Morgan fingerprint density at radius 2 is 1.79 bits per heavy atom. The third kappa shape index (κ3) is 5.19. The molecule has 0 saturated heterocycles. The topological polar surface area (TPSA) is 50.8 Å². The average Bonchev–Trinajstić information content (AvgIpc) is 2.69. The van der Waals surface area contributed by atoms with Crippen LogP contribution in [0.4, 0.5) is 10.5 Å². The van der Waals surface area contributed by atoms with Crippen LogP contribution in [0.2, 0.25) is 0 Å². The molecule has 1 aromatic carbocycles. The molecule has 0 radical (unpaired) electrons. The third-order valence-electron chi connectivity index (χ3n) is 6.32. The van der Waals surface area contributed by atoms with Gasteiger partial charge in [0, 0.05) is 6.04 Å². The Labute approximate surface area is 169 Å². The van der Waals surface area contributed by atoms with Crippen LogP contribution in [0.25, 0.3) is 0 Å². The van der Waals surface area contributed by atoms with Crippen LogP contribution in [0.3, 0.4) is 0 Å². The van der Waals surface area contributed by atoms with E-state index in [0.29, 0.717) is 35.9 Å². The predicted molar refractivity (Wildman–Crippen MR) is 113 cm³/mol. The van der Waals surface area contributed by atoms with Gasteiger partial charge in [0.25, 0.3) is 0 Å². The fraction of sp³-hybridized carbons (Fsp3) is 0.696. The van der Waals surface area contributed by atoms with Gasteiger partial charge in [0.15, 0.2) is 0 Å². The summed E-state index contributed by atoms with van der Waals surface area (Å²) in [6.45, 7) is 2.87. The number of ether oxygens (including phenoxy) is 2. The number of likely N-dealkylation sites (N-methyl/N-ethyl adjacent to an activating group) is 1. The number of benzene rings is 1. The molecule has 156 valence electrons. The van der Waals surface area contributed by atoms with Gasteiger partial charge in [-0.1, -0.05) is 38.3 Å². The van der Waals surface area contributed by atoms with Gasteiger partial charge in [-0.3, -0.25) is 5.32 Å². The highest BCUT2D eigenvalue weighted by Crippen LogP contribution is 2.44. The van der Waals surface area contributed by atoms with Crippen molar-refractivity contribution in [1.29, 1.82) is 0 Å². The van der Waals surface area contributed by atoms with E-state index in [9.17, 15) is 4.79 Å². The molecule has 1 aromatic rings. The summed E-state index contributed by atoms with van der Waals surface area (Å²) in [5.41, 5.74) is 0.686. The van der Waals surface area contributed by atoms with E-state index in [1.807, 2.05) is 24.3 Å². The molecule has 3 saturated carbocycles. The van der Waals surface area contributed by atoms with E-state index in [2.05, 4.69) is 31.2 Å². The van der Waals surface area contributed by atoms with Crippen LogP contribution in [0.1, 0.15) is 58.3 Å². The summed E-state index contributed by atoms with van der Waals surface area (Å²) in [4.78, 5) is 14.9. The molecule has 0 aromatic heterocycles. The van der Waals surface area contributed by atoms with Crippen LogP contribution in [0.5, 0.6) is 5.75 Å². The lowest BCUT2D eigenvalue weighted by molar-refractivity contribution is -0.0703. The van der Waals surface area contributed by atoms with Crippen LogP contribution in [-0.4, -0.2) is 43.8 Å². The van der Waals surface area contributed by atoms with E-state index in [0.717, 1.165) is 6.42 Å². The Hall–Kier alpha value is -1.75. The number of amides is 1. The molecule has 1 amide bonds. The number of para-hydroxylation sites is 2. The van der Waals surface area contributed by atoms with Gasteiger partial charge in [-0.25, -0.2) is 4.79 Å². The highest BCUT2D eigenvalue weighted by Gasteiger charge is 2.46. The van der Waals surface area contributed by atoms with Crippen molar-refractivity contribution in [2.75, 3.05) is 26.0 Å². The summed E-state index contributed by atoms with van der Waals surface area (Å²) < 4.78 is 11.9. The number of fused-ring (bicyclic) bond motifs is 3. The van der Waals surface area contributed by atoms with Crippen molar-refractivity contribution in [2.45, 2.75) is 70.4 Å². The van der Waals surface area contributed by atoms with Crippen LogP contribution in [0.15, 0.2) is 24.3 Å². The van der Waals surface area contributed by atoms with Crippen molar-refractivity contribution in [2.24, 2.45) is 11.8 Å². The van der Waals surface area contributed by atoms with Gasteiger partial charge in [0.05, 0.1) is 12.3 Å². The van der Waals surface area contributed by atoms with Crippen molar-refractivity contribution in [3.8, 4) is 5.75 Å². The standard InChI is InChI=1S/C23H36N2O3/c1-4-5-6-9-16-27-20-11-8-7-10-19(20)24-23(26)28-22-18-14-12-17(13-15-18)21(22)25(2)3/h7-8,10-11,17-18,21-22H,4-6,9,12-16H2,1-3H3,(H,24,26)/t17?,18?,21-,22+/m1/s1. The molecule has 0 unspecified atom stereocenters. The SMILES string of the molecule is CCCCCCOc1ccccc1NC(=O)O[C@H]1C2CCC(CC2)[C@H]1N(C)C. The Balaban J connectivity index is 1.57. The molecular weight excluding hydrogens is 352 g/mol. The van der Waals surface area contributed by atoms with Crippen molar-refractivity contribution in [3.63, 3.8) is 0 Å². The maximum absolute atomic E-state index is 12.7. The molecule has 4 rings (SSSR count). The summed E-state index contributed by atoms with van der Waals surface area (Å²) >= 11 is 0. The highest BCUT2D eigenvalue weighted by molar-refractivity contribution is 5.86. The van der Waals surface area contributed by atoms with Crippen molar-refractivity contribution in [3.05, 3.63) is 24.3 Å². The van der Waals surface area contributed by atoms with Crippen LogP contribution >= 0.6 is 0 Å². The lowest BCUT2D eigenvalue weighted by atomic mass is 9.65. The van der Waals surface area contributed by atoms with E-state index in [-0.39, 0.29) is 12.2 Å². The number of nitrogens with zero attached hydrogens (tertiary/aromatic N) is 1. The van der Waals surface area contributed by atoms with Crippen LogP contribution in [-0.2, 0) is 4.74 Å². The summed E-state index contributed by atoms with van der Waals surface area (Å²) in [7, 11) is 4.20. The first kappa shape index (κ1) is 21.0. The summed E-state index contributed by atoms with van der Waals surface area (Å²) in [6.07, 6.45) is 9.10. The molecule has 3 aliphatic rings. The smallest absolute Gasteiger partial charge is 0.412 e. The second kappa shape index (κ2) is 10.1. The van der Waals surface area contributed by atoms with E-state index < -0.39 is 0 Å². The first-order valence-electron chi connectivity index (χ1n) is 11.0. The Kier molecular flexibility index (Phi) is 7.60. The van der Waals surface area contributed by atoms with Gasteiger partial charge in [-0.15, -0.1) is 0 Å². The molecule has 3 aliphatic carbocycles. The lowest BCUT2D eigenvalue weighted by Crippen LogP contribution is -2.56. The monoisotopic (exact) mass is 388 g/mol. The maximum Gasteiger partial charge on any atom is 0.412 e. The van der Waals surface area contributed by atoms with E-state index in [1.165, 1.54) is 44.9 Å². The van der Waals surface area contributed by atoms with E-state index in [1.54, 1.807) is 0 Å². The number of rotatable bonds is 9. The number of hydrogen-bond donors (Lipinski definition) is 1. The predicted octanol–water partition coefficient (Wildman–Crippen LogP) is 5.31. The molecule has 2 atom stereocenters. The van der Waals surface area contributed by atoms with Gasteiger partial charge >= 0.3 is 6.09 Å². The second-order valence-corrected chi connectivity index (χ2v) is 8.53. The zero-order valence-corrected chi connectivity index (χ0v) is 17.7. The molecule has 1 N–H and O–H groups in total. The second-order valence-electron chi connectivity index (χ2n) is 8.53. The number of carbonyl (C=O) groups excluding carboxylic acids is 1. The molecule has 0 spiro atoms. The van der Waals surface area contributed by atoms with Crippen LogP contribution < -0.4 is 10.1 Å². The molecule has 5 heteroatoms. The minimum atomic E-state index is -0.369. The summed E-state index contributed by atoms with van der Waals surface area (Å²) in [5, 5.41) is 2.92. The van der Waals surface area contributed by atoms with Gasteiger partial charge < -0.3 is 14.4 Å². The summed E-state index contributed by atoms with van der Waals surface area (Å²) in [6, 6.07) is 7.94. The third-order valence-corrected chi connectivity index (χ3v) is 6.32. The van der Waals surface area contributed by atoms with Gasteiger partial charge in [0.1, 0.15) is 11.9 Å². The first-order valence-corrected chi connectivity index (χ1v) is 11.0. The van der Waals surface area contributed by atoms with Gasteiger partial charge in [0.2, 0.25) is 0 Å². The van der Waals surface area contributed by atoms with Crippen molar-refractivity contribution in [1.82, 2.24) is 4.90 Å². The van der Waals surface area contributed by atoms with Gasteiger partial charge in [-0.05, 0) is 70.2 Å². The Morgan fingerprint density at radius 1 is 1.07 bits per heavy atom. The zero-order valence-electron chi connectivity index (χ0n) is 17.7. The number of unbranched alkanes of at least 4 members (excludes halogenated alkanes) is 3. The average molecular weight is 389 g/mol. The van der Waals surface area contributed by atoms with E-state index in [4.69, 9.17) is 9.47 Å². The minimum absolute atomic E-state index is 0.0235. The van der Waals surface area contributed by atoms with Crippen LogP contribution in [0, 0.1) is 11.8 Å². The lowest BCUT2D eigenvalue weighted by Gasteiger charge is -2.50. The van der Waals surface area contributed by atoms with Crippen molar-refractivity contribution >= 4 is 11.8 Å². The molecule has 5 nitrogen and oxygen atoms in total. The number of anilines is 1. The zero-order chi connectivity index (χ0) is 19.9. The maximum atomic E-state index is 12.7. The largest absolute Gasteiger partial charge is 0.491 e. The Bertz CT molecular complexity index is 626. The molecule has 28 heavy (non-hydrogen) atoms. The first-order chi connectivity index (χ1) is 13.6. The summed E-state index contributed by atoms with van der Waals surface area (Å²) in [5.74, 6) is 1.83. The minimum Gasteiger partial charge on any atom is -0.491 e. The molecular formula is C23H36N2O3.